The van der Waals surface area contributed by atoms with Crippen molar-refractivity contribution >= 4 is 16.9 Å². The van der Waals surface area contributed by atoms with Crippen LogP contribution in [0.4, 0.5) is 0 Å². The highest BCUT2D eigenvalue weighted by Gasteiger charge is 2.24. The molecule has 3 aromatic rings. The molecule has 0 fully saturated rings. The molecule has 6 heteroatoms. The lowest BCUT2D eigenvalue weighted by molar-refractivity contribution is 0.0474. The van der Waals surface area contributed by atoms with Crippen molar-refractivity contribution in [3.05, 3.63) is 53.2 Å². The highest BCUT2D eigenvalue weighted by atomic mass is 16.5. The molecule has 25 heavy (non-hydrogen) atoms. The number of phenols is 1. The van der Waals surface area contributed by atoms with Crippen LogP contribution in [-0.4, -0.2) is 30.3 Å². The summed E-state index contributed by atoms with van der Waals surface area (Å²) in [4.78, 5) is 15.7. The molecule has 0 aliphatic heterocycles. The number of hydrogen-bond acceptors (Lipinski definition) is 5. The highest BCUT2D eigenvalue weighted by Crippen LogP contribution is 2.44. The summed E-state index contributed by atoms with van der Waals surface area (Å²) in [5, 5.41) is 10.7. The van der Waals surface area contributed by atoms with Crippen molar-refractivity contribution in [1.29, 1.82) is 0 Å². The molecular formula is C19H19NO5. The largest absolute Gasteiger partial charge is 0.504 e. The lowest BCUT2D eigenvalue weighted by atomic mass is 10.1. The van der Waals surface area contributed by atoms with Gasteiger partial charge in [0.1, 0.15) is 6.61 Å². The number of phenolic OH excluding ortho intramolecular Hbond substituents is 1. The smallest absolute Gasteiger partial charge is 0.340 e. The van der Waals surface area contributed by atoms with Gasteiger partial charge in [0, 0.05) is 11.1 Å². The zero-order valence-corrected chi connectivity index (χ0v) is 14.3. The summed E-state index contributed by atoms with van der Waals surface area (Å²) < 4.78 is 15.9. The van der Waals surface area contributed by atoms with Crippen LogP contribution < -0.4 is 9.47 Å². The topological polar surface area (TPSA) is 80.8 Å². The first-order valence-corrected chi connectivity index (χ1v) is 7.74. The van der Waals surface area contributed by atoms with Gasteiger partial charge in [-0.05, 0) is 18.6 Å². The fraction of sp³-hybridized carbons (Fsp3) is 0.211. The van der Waals surface area contributed by atoms with Gasteiger partial charge in [-0.25, -0.2) is 4.79 Å². The fourth-order valence-electron chi connectivity index (χ4n) is 2.85. The van der Waals surface area contributed by atoms with Crippen molar-refractivity contribution in [3.63, 3.8) is 0 Å². The van der Waals surface area contributed by atoms with Crippen molar-refractivity contribution < 1.29 is 24.1 Å². The molecule has 1 aromatic heterocycles. The first-order valence-electron chi connectivity index (χ1n) is 7.74. The number of hydrogen-bond donors (Lipinski definition) is 2. The van der Waals surface area contributed by atoms with Crippen LogP contribution in [0.1, 0.15) is 21.6 Å². The van der Waals surface area contributed by atoms with E-state index in [0.717, 1.165) is 5.56 Å². The van der Waals surface area contributed by atoms with Crippen molar-refractivity contribution in [3.8, 4) is 17.2 Å². The SMILES string of the molecule is COc1c(O)cc2c(C(=O)OCc3ccccc3)c(C)[nH]c2c1OC. The van der Waals surface area contributed by atoms with Crippen LogP contribution in [0.2, 0.25) is 0 Å². The van der Waals surface area contributed by atoms with E-state index in [2.05, 4.69) is 4.98 Å². The summed E-state index contributed by atoms with van der Waals surface area (Å²) in [6.45, 7) is 1.94. The average molecular weight is 341 g/mol. The molecule has 0 radical (unpaired) electrons. The van der Waals surface area contributed by atoms with Gasteiger partial charge < -0.3 is 24.3 Å². The highest BCUT2D eigenvalue weighted by molar-refractivity contribution is 6.08. The maximum atomic E-state index is 12.6. The van der Waals surface area contributed by atoms with Crippen LogP contribution in [0, 0.1) is 6.92 Å². The zero-order chi connectivity index (χ0) is 18.0. The molecular weight excluding hydrogens is 322 g/mol. The van der Waals surface area contributed by atoms with Gasteiger partial charge in [-0.2, -0.15) is 0 Å². The molecule has 0 amide bonds. The number of benzene rings is 2. The molecule has 0 atom stereocenters. The Hall–Kier alpha value is -3.15. The molecule has 0 spiro atoms. The Morgan fingerprint density at radius 3 is 2.44 bits per heavy atom. The number of esters is 1. The molecule has 0 aliphatic rings. The second kappa shape index (κ2) is 6.76. The number of methoxy groups -OCH3 is 2. The molecule has 0 saturated heterocycles. The van der Waals surface area contributed by atoms with Gasteiger partial charge in [0.15, 0.2) is 11.5 Å². The minimum Gasteiger partial charge on any atom is -0.504 e. The number of aryl methyl sites for hydroxylation is 1. The first-order chi connectivity index (χ1) is 12.1. The molecule has 2 aromatic carbocycles. The second-order valence-corrected chi connectivity index (χ2v) is 5.57. The third kappa shape index (κ3) is 2.98. The fourth-order valence-corrected chi connectivity index (χ4v) is 2.85. The van der Waals surface area contributed by atoms with Crippen molar-refractivity contribution in [1.82, 2.24) is 4.98 Å². The van der Waals surface area contributed by atoms with E-state index in [1.165, 1.54) is 20.3 Å². The summed E-state index contributed by atoms with van der Waals surface area (Å²) in [7, 11) is 2.91. The summed E-state index contributed by atoms with van der Waals surface area (Å²) in [5.41, 5.74) is 2.46. The number of aromatic hydroxyl groups is 1. The van der Waals surface area contributed by atoms with Gasteiger partial charge in [-0.15, -0.1) is 0 Å². The van der Waals surface area contributed by atoms with E-state index >= 15 is 0 Å². The van der Waals surface area contributed by atoms with Crippen LogP contribution in [0.25, 0.3) is 10.9 Å². The van der Waals surface area contributed by atoms with Crippen LogP contribution in [0.5, 0.6) is 17.2 Å². The molecule has 0 unspecified atom stereocenters. The van der Waals surface area contributed by atoms with Crippen LogP contribution in [-0.2, 0) is 11.3 Å². The number of nitrogens with one attached hydrogen (secondary N) is 1. The minimum atomic E-state index is -0.473. The number of aromatic nitrogens is 1. The maximum Gasteiger partial charge on any atom is 0.340 e. The van der Waals surface area contributed by atoms with E-state index < -0.39 is 5.97 Å². The van der Waals surface area contributed by atoms with Crippen LogP contribution >= 0.6 is 0 Å². The van der Waals surface area contributed by atoms with Crippen molar-refractivity contribution in [2.24, 2.45) is 0 Å². The number of carbonyl (C=O) groups is 1. The number of H-pyrrole nitrogens is 1. The molecule has 1 heterocycles. The quantitative estimate of drug-likeness (QED) is 0.694. The molecule has 2 N–H and O–H groups in total. The minimum absolute atomic E-state index is 0.108. The van der Waals surface area contributed by atoms with Gasteiger partial charge in [-0.1, -0.05) is 30.3 Å². The van der Waals surface area contributed by atoms with E-state index in [0.29, 0.717) is 27.9 Å². The van der Waals surface area contributed by atoms with Crippen LogP contribution in [0.15, 0.2) is 36.4 Å². The van der Waals surface area contributed by atoms with Gasteiger partial charge in [-0.3, -0.25) is 0 Å². The molecule has 130 valence electrons. The summed E-state index contributed by atoms with van der Waals surface area (Å²) in [5.74, 6) is -0.0367. The first kappa shape index (κ1) is 16.7. The molecule has 0 saturated carbocycles. The Morgan fingerprint density at radius 2 is 1.80 bits per heavy atom. The Balaban J connectivity index is 2.00. The van der Waals surface area contributed by atoms with Gasteiger partial charge in [0.25, 0.3) is 0 Å². The predicted molar refractivity (Wildman–Crippen MR) is 93.4 cm³/mol. The van der Waals surface area contributed by atoms with Gasteiger partial charge in [0.05, 0.1) is 25.3 Å². The third-order valence-corrected chi connectivity index (χ3v) is 4.00. The second-order valence-electron chi connectivity index (χ2n) is 5.57. The number of rotatable bonds is 5. The van der Waals surface area contributed by atoms with E-state index in [4.69, 9.17) is 14.2 Å². The monoisotopic (exact) mass is 341 g/mol. The summed E-state index contributed by atoms with van der Waals surface area (Å²) in [6, 6.07) is 10.9. The normalized spacial score (nSPS) is 10.7. The number of ether oxygens (including phenoxy) is 3. The summed E-state index contributed by atoms with van der Waals surface area (Å²) in [6.07, 6.45) is 0. The molecule has 3 rings (SSSR count). The number of fused-ring (bicyclic) bond motifs is 1. The number of aromatic amines is 1. The standard InChI is InChI=1S/C19H19NO5/c1-11-15(19(22)25-10-12-7-5-4-6-8-12)13-9-14(21)17(23-2)18(24-3)16(13)20-11/h4-9,20-21H,10H2,1-3H3. The van der Waals surface area contributed by atoms with Gasteiger partial charge >= 0.3 is 5.97 Å². The van der Waals surface area contributed by atoms with Crippen LogP contribution in [0.3, 0.4) is 0 Å². The van der Waals surface area contributed by atoms with E-state index in [1.54, 1.807) is 6.92 Å². The maximum absolute atomic E-state index is 12.6. The molecule has 0 aliphatic carbocycles. The lowest BCUT2D eigenvalue weighted by Crippen LogP contribution is -2.06. The van der Waals surface area contributed by atoms with Gasteiger partial charge in [0.2, 0.25) is 5.75 Å². The van der Waals surface area contributed by atoms with E-state index in [-0.39, 0.29) is 18.1 Å². The molecule has 6 nitrogen and oxygen atoms in total. The number of carbonyl (C=O) groups excluding carboxylic acids is 1. The lowest BCUT2D eigenvalue weighted by Gasteiger charge is -2.10. The zero-order valence-electron chi connectivity index (χ0n) is 14.3. The molecule has 0 bridgehead atoms. The summed E-state index contributed by atoms with van der Waals surface area (Å²) >= 11 is 0. The Bertz CT molecular complexity index is 915. The van der Waals surface area contributed by atoms with Crippen molar-refractivity contribution in [2.75, 3.05) is 14.2 Å². The van der Waals surface area contributed by atoms with E-state index in [1.807, 2.05) is 30.3 Å². The Labute approximate surface area is 145 Å². The van der Waals surface area contributed by atoms with Crippen molar-refractivity contribution in [2.45, 2.75) is 13.5 Å². The third-order valence-electron chi connectivity index (χ3n) is 4.00. The predicted octanol–water partition coefficient (Wildman–Crippen LogP) is 3.56. The Kier molecular flexibility index (Phi) is 4.52. The van der Waals surface area contributed by atoms with E-state index in [9.17, 15) is 9.90 Å². The average Bonchev–Trinajstić information content (AvgIpc) is 2.94. The Morgan fingerprint density at radius 1 is 1.12 bits per heavy atom.